The minimum atomic E-state index is -0.270. The normalized spacial score (nSPS) is 12.4. The van der Waals surface area contributed by atoms with Gasteiger partial charge in [0, 0.05) is 0 Å². The molecule has 0 saturated heterocycles. The molecule has 0 atom stereocenters. The molecule has 4 aromatic rings. The van der Waals surface area contributed by atoms with Crippen molar-refractivity contribution in [3.05, 3.63) is 70.9 Å². The first-order chi connectivity index (χ1) is 11.8. The third-order valence-corrected chi connectivity index (χ3v) is 6.59. The molecule has 4 rings (SSSR count). The SMILES string of the molecule is NC(=Nc1cccc([As]c2noc3ccccc23)c1)c1cccs1. The van der Waals surface area contributed by atoms with E-state index in [9.17, 15) is 0 Å². The van der Waals surface area contributed by atoms with Crippen molar-refractivity contribution in [2.45, 2.75) is 0 Å². The molecule has 0 aliphatic carbocycles. The summed E-state index contributed by atoms with van der Waals surface area (Å²) in [5.74, 6) is 0.547. The van der Waals surface area contributed by atoms with Crippen LogP contribution in [0.2, 0.25) is 0 Å². The first-order valence-corrected chi connectivity index (χ1v) is 10.1. The number of aliphatic imine (C=N–C) groups is 1. The number of hydrogen-bond donors (Lipinski definition) is 1. The van der Waals surface area contributed by atoms with E-state index in [-0.39, 0.29) is 15.8 Å². The van der Waals surface area contributed by atoms with E-state index in [4.69, 9.17) is 10.3 Å². The third-order valence-electron chi connectivity index (χ3n) is 3.45. The topological polar surface area (TPSA) is 64.4 Å². The van der Waals surface area contributed by atoms with Crippen LogP contribution in [0.4, 0.5) is 5.69 Å². The van der Waals surface area contributed by atoms with Crippen LogP contribution < -0.4 is 14.6 Å². The summed E-state index contributed by atoms with van der Waals surface area (Å²) in [6.07, 6.45) is 0. The van der Waals surface area contributed by atoms with E-state index in [0.29, 0.717) is 5.84 Å². The molecular weight excluding hydrogens is 381 g/mol. The van der Waals surface area contributed by atoms with E-state index in [1.165, 1.54) is 4.35 Å². The van der Waals surface area contributed by atoms with E-state index in [1.807, 2.05) is 53.9 Å². The summed E-state index contributed by atoms with van der Waals surface area (Å²) in [5.41, 5.74) is 7.77. The van der Waals surface area contributed by atoms with Gasteiger partial charge in [0.2, 0.25) is 0 Å². The van der Waals surface area contributed by atoms with Crippen LogP contribution in [0, 0.1) is 0 Å². The van der Waals surface area contributed by atoms with Crippen LogP contribution in [0.15, 0.2) is 75.6 Å². The van der Waals surface area contributed by atoms with Crippen LogP contribution in [0.5, 0.6) is 0 Å². The Morgan fingerprint density at radius 1 is 1.08 bits per heavy atom. The molecular formula is C18H13AsN3OS. The van der Waals surface area contributed by atoms with Crippen molar-refractivity contribution in [2.24, 2.45) is 10.7 Å². The standard InChI is InChI=1S/C18H13AsN3OS/c20-18(16-9-4-10-24-16)21-13-6-3-5-12(11-13)19-17-14-7-1-2-8-15(14)23-22-17/h1-11H,(H2,20,21). The second-order valence-corrected chi connectivity index (χ2v) is 8.50. The summed E-state index contributed by atoms with van der Waals surface area (Å²) < 4.78 is 7.63. The van der Waals surface area contributed by atoms with Gasteiger partial charge in [-0.2, -0.15) is 0 Å². The fourth-order valence-electron chi connectivity index (χ4n) is 2.33. The van der Waals surface area contributed by atoms with Crippen LogP contribution in [0.1, 0.15) is 4.88 Å². The molecule has 0 aliphatic heterocycles. The van der Waals surface area contributed by atoms with Gasteiger partial charge in [-0.15, -0.1) is 0 Å². The summed E-state index contributed by atoms with van der Waals surface area (Å²) in [4.78, 5) is 5.51. The number of rotatable bonds is 4. The zero-order valence-electron chi connectivity index (χ0n) is 12.6. The van der Waals surface area contributed by atoms with Gasteiger partial charge < -0.3 is 0 Å². The molecule has 2 aromatic carbocycles. The van der Waals surface area contributed by atoms with E-state index in [2.05, 4.69) is 22.3 Å². The molecule has 24 heavy (non-hydrogen) atoms. The molecule has 4 nitrogen and oxygen atoms in total. The minimum absolute atomic E-state index is 0.270. The van der Waals surface area contributed by atoms with Crippen LogP contribution >= 0.6 is 11.3 Å². The summed E-state index contributed by atoms with van der Waals surface area (Å²) in [5, 5.41) is 7.31. The molecule has 0 spiro atoms. The van der Waals surface area contributed by atoms with Gasteiger partial charge in [0.25, 0.3) is 0 Å². The van der Waals surface area contributed by atoms with Crippen molar-refractivity contribution in [1.82, 2.24) is 5.16 Å². The predicted octanol–water partition coefficient (Wildman–Crippen LogP) is 2.58. The van der Waals surface area contributed by atoms with Crippen LogP contribution in [-0.4, -0.2) is 26.7 Å². The summed E-state index contributed by atoms with van der Waals surface area (Å²) in [6, 6.07) is 20.0. The molecule has 0 unspecified atom stereocenters. The van der Waals surface area contributed by atoms with E-state index < -0.39 is 0 Å². The molecule has 2 heterocycles. The van der Waals surface area contributed by atoms with Gasteiger partial charge in [-0.05, 0) is 0 Å². The Balaban J connectivity index is 1.62. The van der Waals surface area contributed by atoms with Gasteiger partial charge >= 0.3 is 150 Å². The average Bonchev–Trinajstić information content (AvgIpc) is 3.26. The Kier molecular flexibility index (Phi) is 4.20. The molecule has 0 amide bonds. The van der Waals surface area contributed by atoms with Crippen molar-refractivity contribution in [2.75, 3.05) is 0 Å². The number of hydrogen-bond acceptors (Lipinski definition) is 4. The number of nitrogens with two attached hydrogens (primary N) is 1. The Labute approximate surface area is 149 Å². The first kappa shape index (κ1) is 15.2. The van der Waals surface area contributed by atoms with Gasteiger partial charge in [0.15, 0.2) is 0 Å². The maximum atomic E-state index is 6.07. The molecule has 2 aromatic heterocycles. The fourth-order valence-corrected chi connectivity index (χ4v) is 5.03. The van der Waals surface area contributed by atoms with Crippen molar-refractivity contribution >= 4 is 58.4 Å². The number of amidine groups is 1. The zero-order valence-corrected chi connectivity index (χ0v) is 15.3. The quantitative estimate of drug-likeness (QED) is 0.329. The first-order valence-electron chi connectivity index (χ1n) is 7.34. The Morgan fingerprint density at radius 2 is 2.00 bits per heavy atom. The predicted molar refractivity (Wildman–Crippen MR) is 100 cm³/mol. The van der Waals surface area contributed by atoms with Crippen LogP contribution in [-0.2, 0) is 0 Å². The Hall–Kier alpha value is -2.36. The molecule has 6 heteroatoms. The third kappa shape index (κ3) is 3.14. The van der Waals surface area contributed by atoms with E-state index >= 15 is 0 Å². The molecule has 117 valence electrons. The number of aromatic nitrogens is 1. The fraction of sp³-hybridized carbons (Fsp3) is 0. The number of fused-ring (bicyclic) bond motifs is 1. The monoisotopic (exact) mass is 394 g/mol. The van der Waals surface area contributed by atoms with Gasteiger partial charge in [-0.3, -0.25) is 0 Å². The van der Waals surface area contributed by atoms with Crippen molar-refractivity contribution < 1.29 is 4.52 Å². The van der Waals surface area contributed by atoms with Crippen molar-refractivity contribution in [3.63, 3.8) is 0 Å². The van der Waals surface area contributed by atoms with Gasteiger partial charge in [-0.1, -0.05) is 0 Å². The van der Waals surface area contributed by atoms with Gasteiger partial charge in [0.05, 0.1) is 0 Å². The van der Waals surface area contributed by atoms with E-state index in [1.54, 1.807) is 11.3 Å². The average molecular weight is 394 g/mol. The van der Waals surface area contributed by atoms with Crippen molar-refractivity contribution in [3.8, 4) is 0 Å². The zero-order chi connectivity index (χ0) is 16.4. The summed E-state index contributed by atoms with van der Waals surface area (Å²) in [6.45, 7) is 0. The van der Waals surface area contributed by atoms with Crippen LogP contribution in [0.25, 0.3) is 11.0 Å². The number of nitrogens with zero attached hydrogens (tertiary/aromatic N) is 2. The van der Waals surface area contributed by atoms with Gasteiger partial charge in [0.1, 0.15) is 0 Å². The molecule has 1 radical (unpaired) electrons. The Bertz CT molecular complexity index is 1010. The van der Waals surface area contributed by atoms with Gasteiger partial charge in [-0.25, -0.2) is 0 Å². The summed E-state index contributed by atoms with van der Waals surface area (Å²) in [7, 11) is 0. The maximum absolute atomic E-state index is 6.07. The van der Waals surface area contributed by atoms with E-state index in [0.717, 1.165) is 26.0 Å². The molecule has 0 saturated carbocycles. The molecule has 0 aliphatic rings. The molecule has 0 fully saturated rings. The number of benzene rings is 2. The second-order valence-electron chi connectivity index (χ2n) is 5.11. The van der Waals surface area contributed by atoms with Crippen molar-refractivity contribution in [1.29, 1.82) is 0 Å². The Morgan fingerprint density at radius 3 is 2.88 bits per heavy atom. The summed E-state index contributed by atoms with van der Waals surface area (Å²) >= 11 is 1.32. The number of thiophene rings is 1. The van der Waals surface area contributed by atoms with Crippen LogP contribution in [0.3, 0.4) is 0 Å². The molecule has 2 N–H and O–H groups in total. The number of para-hydroxylation sites is 1. The molecule has 0 bridgehead atoms. The second kappa shape index (κ2) is 6.63.